The molecular formula is C25H19F3N4O3. The van der Waals surface area contributed by atoms with E-state index in [1.54, 1.807) is 49.4 Å². The van der Waals surface area contributed by atoms with Gasteiger partial charge in [-0.3, -0.25) is 25.2 Å². The second-order valence-electron chi connectivity index (χ2n) is 7.54. The standard InChI is InChI=1S/C25H19F3N4O3/c1-2-32-24(35)20-10-6-4-8-18(20)21(31-32)23(34)30-29-22(33)19-9-5-3-7-17(19)15-11-13-16(14-12-15)25(26,27)28/h3-14H,2H2,1H3,(H,29,33)(H,30,34). The smallest absolute Gasteiger partial charge is 0.267 e. The summed E-state index contributed by atoms with van der Waals surface area (Å²) in [5.41, 5.74) is 4.36. The Kier molecular flexibility index (Phi) is 6.37. The van der Waals surface area contributed by atoms with Crippen LogP contribution in [-0.2, 0) is 12.7 Å². The number of benzene rings is 3. The lowest BCUT2D eigenvalue weighted by Crippen LogP contribution is -2.43. The number of nitrogens with zero attached hydrogens (tertiary/aromatic N) is 2. The summed E-state index contributed by atoms with van der Waals surface area (Å²) in [6, 6.07) is 17.2. The summed E-state index contributed by atoms with van der Waals surface area (Å²) in [6.07, 6.45) is -4.47. The summed E-state index contributed by atoms with van der Waals surface area (Å²) in [5.74, 6) is -1.41. The van der Waals surface area contributed by atoms with Gasteiger partial charge in [0.1, 0.15) is 0 Å². The minimum absolute atomic E-state index is 0.0432. The number of hydrazine groups is 1. The lowest BCUT2D eigenvalue weighted by atomic mass is 9.98. The van der Waals surface area contributed by atoms with Crippen molar-refractivity contribution in [3.8, 4) is 11.1 Å². The van der Waals surface area contributed by atoms with Crippen LogP contribution >= 0.6 is 0 Å². The van der Waals surface area contributed by atoms with E-state index in [9.17, 15) is 27.6 Å². The first-order chi connectivity index (χ1) is 16.7. The number of aromatic nitrogens is 2. The Morgan fingerprint density at radius 2 is 1.46 bits per heavy atom. The van der Waals surface area contributed by atoms with Crippen LogP contribution in [0.2, 0.25) is 0 Å². The third kappa shape index (κ3) is 4.77. The molecule has 0 radical (unpaired) electrons. The van der Waals surface area contributed by atoms with E-state index >= 15 is 0 Å². The summed E-state index contributed by atoms with van der Waals surface area (Å²) in [6.45, 7) is 1.96. The monoisotopic (exact) mass is 480 g/mol. The Bertz CT molecular complexity index is 1480. The van der Waals surface area contributed by atoms with E-state index in [-0.39, 0.29) is 23.4 Å². The molecule has 35 heavy (non-hydrogen) atoms. The van der Waals surface area contributed by atoms with E-state index in [0.29, 0.717) is 21.9 Å². The number of carbonyl (C=O) groups is 2. The zero-order valence-corrected chi connectivity index (χ0v) is 18.4. The average Bonchev–Trinajstić information content (AvgIpc) is 2.87. The van der Waals surface area contributed by atoms with Crippen molar-refractivity contribution < 1.29 is 22.8 Å². The molecule has 2 amide bonds. The Labute approximate surface area is 197 Å². The van der Waals surface area contributed by atoms with Gasteiger partial charge in [0.05, 0.1) is 10.9 Å². The van der Waals surface area contributed by atoms with E-state index in [1.165, 1.54) is 18.2 Å². The zero-order valence-electron chi connectivity index (χ0n) is 18.4. The number of aryl methyl sites for hydroxylation is 1. The predicted octanol–water partition coefficient (Wildman–Crippen LogP) is 4.18. The van der Waals surface area contributed by atoms with E-state index < -0.39 is 23.6 Å². The third-order valence-corrected chi connectivity index (χ3v) is 5.37. The number of nitrogens with one attached hydrogen (secondary N) is 2. The van der Waals surface area contributed by atoms with Crippen LogP contribution in [0.25, 0.3) is 21.9 Å². The molecule has 0 atom stereocenters. The molecule has 1 aromatic heterocycles. The molecular weight excluding hydrogens is 461 g/mol. The number of fused-ring (bicyclic) bond motifs is 1. The fourth-order valence-electron chi connectivity index (χ4n) is 3.63. The first-order valence-electron chi connectivity index (χ1n) is 10.6. The SMILES string of the molecule is CCn1nc(C(=O)NNC(=O)c2ccccc2-c2ccc(C(F)(F)F)cc2)c2ccccc2c1=O. The van der Waals surface area contributed by atoms with Gasteiger partial charge in [-0.25, -0.2) is 4.68 Å². The van der Waals surface area contributed by atoms with Crippen LogP contribution in [0.3, 0.4) is 0 Å². The Hall–Kier alpha value is -4.47. The number of hydrogen-bond donors (Lipinski definition) is 2. The molecule has 7 nitrogen and oxygen atoms in total. The summed E-state index contributed by atoms with van der Waals surface area (Å²) in [5, 5.41) is 4.76. The normalized spacial score (nSPS) is 11.3. The fourth-order valence-corrected chi connectivity index (χ4v) is 3.63. The van der Waals surface area contributed by atoms with Gasteiger partial charge < -0.3 is 0 Å². The van der Waals surface area contributed by atoms with E-state index in [4.69, 9.17) is 0 Å². The molecule has 4 rings (SSSR count). The summed E-state index contributed by atoms with van der Waals surface area (Å²) < 4.78 is 39.8. The number of halogens is 3. The molecule has 0 spiro atoms. The molecule has 0 bridgehead atoms. The van der Waals surface area contributed by atoms with Gasteiger partial charge in [0.25, 0.3) is 17.4 Å². The summed E-state index contributed by atoms with van der Waals surface area (Å²) in [4.78, 5) is 38.2. The van der Waals surface area contributed by atoms with Crippen LogP contribution in [0.4, 0.5) is 13.2 Å². The van der Waals surface area contributed by atoms with E-state index in [2.05, 4.69) is 16.0 Å². The maximum absolute atomic E-state index is 12.9. The highest BCUT2D eigenvalue weighted by Crippen LogP contribution is 2.31. The van der Waals surface area contributed by atoms with Gasteiger partial charge in [-0.05, 0) is 42.3 Å². The molecule has 0 aliphatic rings. The minimum atomic E-state index is -4.47. The van der Waals surface area contributed by atoms with Crippen molar-refractivity contribution >= 4 is 22.6 Å². The van der Waals surface area contributed by atoms with Crippen LogP contribution in [0.1, 0.15) is 33.3 Å². The van der Waals surface area contributed by atoms with Crippen molar-refractivity contribution in [2.45, 2.75) is 19.6 Å². The summed E-state index contributed by atoms with van der Waals surface area (Å²) in [7, 11) is 0. The van der Waals surface area contributed by atoms with Crippen LogP contribution in [-0.4, -0.2) is 21.6 Å². The molecule has 1 heterocycles. The van der Waals surface area contributed by atoms with Gasteiger partial charge >= 0.3 is 6.18 Å². The lowest BCUT2D eigenvalue weighted by Gasteiger charge is -2.13. The van der Waals surface area contributed by atoms with E-state index in [0.717, 1.165) is 16.8 Å². The average molecular weight is 480 g/mol. The molecule has 4 aromatic rings. The highest BCUT2D eigenvalue weighted by molar-refractivity contribution is 6.07. The van der Waals surface area contributed by atoms with Crippen molar-refractivity contribution in [3.63, 3.8) is 0 Å². The molecule has 0 saturated heterocycles. The molecule has 0 unspecified atom stereocenters. The van der Waals surface area contributed by atoms with Crippen LogP contribution in [0.5, 0.6) is 0 Å². The molecule has 10 heteroatoms. The number of carbonyl (C=O) groups excluding carboxylic acids is 2. The Morgan fingerprint density at radius 1 is 0.857 bits per heavy atom. The molecule has 0 fully saturated rings. The van der Waals surface area contributed by atoms with Gasteiger partial charge in [0, 0.05) is 17.5 Å². The second kappa shape index (κ2) is 9.41. The van der Waals surface area contributed by atoms with Crippen molar-refractivity contribution in [2.24, 2.45) is 0 Å². The highest BCUT2D eigenvalue weighted by atomic mass is 19.4. The van der Waals surface area contributed by atoms with Crippen molar-refractivity contribution in [1.82, 2.24) is 20.6 Å². The van der Waals surface area contributed by atoms with Gasteiger partial charge in [-0.1, -0.05) is 48.5 Å². The van der Waals surface area contributed by atoms with Crippen LogP contribution in [0, 0.1) is 0 Å². The van der Waals surface area contributed by atoms with Crippen molar-refractivity contribution in [2.75, 3.05) is 0 Å². The number of rotatable bonds is 4. The van der Waals surface area contributed by atoms with Gasteiger partial charge in [-0.2, -0.15) is 18.3 Å². The first kappa shape index (κ1) is 23.7. The topological polar surface area (TPSA) is 93.1 Å². The Morgan fingerprint density at radius 3 is 2.11 bits per heavy atom. The predicted molar refractivity (Wildman–Crippen MR) is 123 cm³/mol. The summed E-state index contributed by atoms with van der Waals surface area (Å²) >= 11 is 0. The van der Waals surface area contributed by atoms with Crippen molar-refractivity contribution in [1.29, 1.82) is 0 Å². The largest absolute Gasteiger partial charge is 0.416 e. The zero-order chi connectivity index (χ0) is 25.2. The van der Waals surface area contributed by atoms with Crippen LogP contribution in [0.15, 0.2) is 77.6 Å². The maximum atomic E-state index is 12.9. The van der Waals surface area contributed by atoms with Gasteiger partial charge in [0.15, 0.2) is 5.69 Å². The van der Waals surface area contributed by atoms with Crippen molar-refractivity contribution in [3.05, 3.63) is 100.0 Å². The number of amides is 2. The first-order valence-corrected chi connectivity index (χ1v) is 10.6. The second-order valence-corrected chi connectivity index (χ2v) is 7.54. The van der Waals surface area contributed by atoms with Crippen LogP contribution < -0.4 is 16.4 Å². The highest BCUT2D eigenvalue weighted by Gasteiger charge is 2.30. The van der Waals surface area contributed by atoms with Gasteiger partial charge in [0.2, 0.25) is 0 Å². The van der Waals surface area contributed by atoms with E-state index in [1.807, 2.05) is 0 Å². The molecule has 0 aliphatic heterocycles. The number of alkyl halides is 3. The Balaban J connectivity index is 1.58. The lowest BCUT2D eigenvalue weighted by molar-refractivity contribution is -0.137. The fraction of sp³-hybridized carbons (Fsp3) is 0.120. The molecule has 0 aliphatic carbocycles. The molecule has 178 valence electrons. The minimum Gasteiger partial charge on any atom is -0.267 e. The quantitative estimate of drug-likeness (QED) is 0.429. The third-order valence-electron chi connectivity index (χ3n) is 5.37. The molecule has 3 aromatic carbocycles. The maximum Gasteiger partial charge on any atom is 0.416 e. The molecule has 0 saturated carbocycles. The van der Waals surface area contributed by atoms with Gasteiger partial charge in [-0.15, -0.1) is 0 Å². The number of hydrogen-bond acceptors (Lipinski definition) is 4. The molecule has 2 N–H and O–H groups in total.